The first-order valence-corrected chi connectivity index (χ1v) is 14.7. The number of rotatable bonds is 4. The van der Waals surface area contributed by atoms with Gasteiger partial charge in [0.25, 0.3) is 5.91 Å². The minimum atomic E-state index is -1.22. The zero-order chi connectivity index (χ0) is 29.1. The fourth-order valence-corrected chi connectivity index (χ4v) is 6.02. The number of hydrogen-bond acceptors (Lipinski definition) is 6. The van der Waals surface area contributed by atoms with Crippen molar-refractivity contribution in [1.29, 1.82) is 0 Å². The molecular formula is C32H40N4O5. The molecule has 3 aliphatic rings. The standard InChI is InChI=1S/C32H40N4O5/c1-19(2)25-16-34-28-24(25)14-22(15-33-28)21-12-20-6-9-35(29(37)32(39)7-8-32)17-26(20)23(13-21)27-18-40-11-10-36(27)30(38)41-31(3,4)5/h12-16,19,27,39H,6-11,17-18H2,1-5H3,(H,33,34). The molecule has 1 unspecified atom stereocenters. The molecule has 1 atom stereocenters. The Balaban J connectivity index is 1.45. The van der Waals surface area contributed by atoms with Gasteiger partial charge in [-0.3, -0.25) is 9.69 Å². The third-order valence-electron chi connectivity index (χ3n) is 8.42. The fourth-order valence-electron chi connectivity index (χ4n) is 6.02. The summed E-state index contributed by atoms with van der Waals surface area (Å²) in [6, 6.07) is 6.13. The van der Waals surface area contributed by atoms with Crippen LogP contribution >= 0.6 is 0 Å². The third-order valence-corrected chi connectivity index (χ3v) is 8.42. The number of benzene rings is 1. The summed E-state index contributed by atoms with van der Waals surface area (Å²) in [7, 11) is 0. The van der Waals surface area contributed by atoms with Crippen LogP contribution in [-0.4, -0.2) is 74.4 Å². The number of fused-ring (bicyclic) bond motifs is 2. The van der Waals surface area contributed by atoms with Gasteiger partial charge in [-0.1, -0.05) is 19.9 Å². The summed E-state index contributed by atoms with van der Waals surface area (Å²) in [6.07, 6.45) is 5.22. The monoisotopic (exact) mass is 560 g/mol. The van der Waals surface area contributed by atoms with Crippen LogP contribution in [0.3, 0.4) is 0 Å². The molecule has 2 aliphatic heterocycles. The molecule has 41 heavy (non-hydrogen) atoms. The van der Waals surface area contributed by atoms with E-state index in [-0.39, 0.29) is 18.0 Å². The van der Waals surface area contributed by atoms with Gasteiger partial charge in [-0.2, -0.15) is 0 Å². The number of morpholine rings is 1. The van der Waals surface area contributed by atoms with Crippen molar-refractivity contribution in [2.45, 2.75) is 83.6 Å². The van der Waals surface area contributed by atoms with Crippen LogP contribution in [-0.2, 0) is 27.2 Å². The smallest absolute Gasteiger partial charge is 0.410 e. The van der Waals surface area contributed by atoms with Gasteiger partial charge in [0.05, 0.1) is 19.3 Å². The van der Waals surface area contributed by atoms with Crippen molar-refractivity contribution < 1.29 is 24.2 Å². The fraction of sp³-hybridized carbons (Fsp3) is 0.531. The highest BCUT2D eigenvalue weighted by Gasteiger charge is 2.50. The number of nitrogens with zero attached hydrogens (tertiary/aromatic N) is 3. The molecule has 2 amide bonds. The molecule has 6 rings (SSSR count). The highest BCUT2D eigenvalue weighted by molar-refractivity contribution is 5.88. The largest absolute Gasteiger partial charge is 0.444 e. The van der Waals surface area contributed by atoms with Gasteiger partial charge in [0, 0.05) is 43.0 Å². The molecule has 1 aromatic carbocycles. The number of carbonyl (C=O) groups is 2. The van der Waals surface area contributed by atoms with Gasteiger partial charge in [0.1, 0.15) is 16.8 Å². The summed E-state index contributed by atoms with van der Waals surface area (Å²) in [5.74, 6) is 0.150. The first-order valence-electron chi connectivity index (χ1n) is 14.7. The maximum absolute atomic E-state index is 13.4. The third kappa shape index (κ3) is 5.33. The first kappa shape index (κ1) is 27.7. The van der Waals surface area contributed by atoms with E-state index in [9.17, 15) is 14.7 Å². The van der Waals surface area contributed by atoms with Gasteiger partial charge in [-0.25, -0.2) is 9.78 Å². The van der Waals surface area contributed by atoms with Gasteiger partial charge >= 0.3 is 6.09 Å². The molecular weight excluding hydrogens is 520 g/mol. The quantitative estimate of drug-likeness (QED) is 0.461. The Labute approximate surface area is 240 Å². The van der Waals surface area contributed by atoms with E-state index in [2.05, 4.69) is 37.0 Å². The summed E-state index contributed by atoms with van der Waals surface area (Å²) in [6.45, 7) is 12.0. The number of nitrogens with one attached hydrogen (secondary N) is 1. The molecule has 0 bridgehead atoms. The number of pyridine rings is 1. The van der Waals surface area contributed by atoms with Crippen LogP contribution in [0.25, 0.3) is 22.2 Å². The highest BCUT2D eigenvalue weighted by Crippen LogP contribution is 2.41. The number of amides is 2. The van der Waals surface area contributed by atoms with Crippen LogP contribution in [0.4, 0.5) is 4.79 Å². The van der Waals surface area contributed by atoms with Gasteiger partial charge in [-0.15, -0.1) is 0 Å². The number of ether oxygens (including phenoxy) is 2. The van der Waals surface area contributed by atoms with E-state index < -0.39 is 11.2 Å². The minimum Gasteiger partial charge on any atom is -0.444 e. The molecule has 4 heterocycles. The molecule has 2 fully saturated rings. The van der Waals surface area contributed by atoms with Gasteiger partial charge in [-0.05, 0) is 85.9 Å². The molecule has 1 saturated heterocycles. The minimum absolute atomic E-state index is 0.203. The van der Waals surface area contributed by atoms with Crippen LogP contribution in [0.5, 0.6) is 0 Å². The van der Waals surface area contributed by atoms with Crippen LogP contribution < -0.4 is 0 Å². The van der Waals surface area contributed by atoms with Gasteiger partial charge < -0.3 is 24.5 Å². The van der Waals surface area contributed by atoms with Crippen LogP contribution in [0.1, 0.15) is 81.7 Å². The van der Waals surface area contributed by atoms with Crippen molar-refractivity contribution in [3.05, 3.63) is 52.8 Å². The van der Waals surface area contributed by atoms with Crippen molar-refractivity contribution in [2.24, 2.45) is 0 Å². The van der Waals surface area contributed by atoms with E-state index in [4.69, 9.17) is 14.5 Å². The van der Waals surface area contributed by atoms with Crippen molar-refractivity contribution in [3.8, 4) is 11.1 Å². The molecule has 0 radical (unpaired) electrons. The van der Waals surface area contributed by atoms with E-state index in [1.165, 1.54) is 5.56 Å². The summed E-state index contributed by atoms with van der Waals surface area (Å²) in [5.41, 5.74) is 5.33. The maximum atomic E-state index is 13.4. The van der Waals surface area contributed by atoms with Crippen molar-refractivity contribution >= 4 is 23.0 Å². The van der Waals surface area contributed by atoms with Crippen LogP contribution in [0.2, 0.25) is 0 Å². The Bertz CT molecular complexity index is 1500. The van der Waals surface area contributed by atoms with E-state index in [0.717, 1.165) is 38.9 Å². The number of hydrogen-bond donors (Lipinski definition) is 2. The number of H-pyrrole nitrogens is 1. The maximum Gasteiger partial charge on any atom is 0.410 e. The first-order chi connectivity index (χ1) is 19.4. The van der Waals surface area contributed by atoms with Gasteiger partial charge in [0.2, 0.25) is 0 Å². The molecule has 1 aliphatic carbocycles. The van der Waals surface area contributed by atoms with Crippen molar-refractivity contribution in [2.75, 3.05) is 26.3 Å². The van der Waals surface area contributed by atoms with E-state index in [1.54, 1.807) is 9.80 Å². The number of aliphatic hydroxyl groups is 1. The van der Waals surface area contributed by atoms with Crippen molar-refractivity contribution in [3.63, 3.8) is 0 Å². The Morgan fingerprint density at radius 2 is 1.95 bits per heavy atom. The second-order valence-corrected chi connectivity index (χ2v) is 13.0. The Morgan fingerprint density at radius 3 is 2.66 bits per heavy atom. The predicted octanol–water partition coefficient (Wildman–Crippen LogP) is 5.07. The average molecular weight is 561 g/mol. The van der Waals surface area contributed by atoms with Gasteiger partial charge in [0.15, 0.2) is 0 Å². The lowest BCUT2D eigenvalue weighted by Gasteiger charge is -2.40. The predicted molar refractivity (Wildman–Crippen MR) is 155 cm³/mol. The highest BCUT2D eigenvalue weighted by atomic mass is 16.6. The van der Waals surface area contributed by atoms with Crippen LogP contribution in [0, 0.1) is 0 Å². The molecule has 2 N–H and O–H groups in total. The number of carbonyl (C=O) groups excluding carboxylic acids is 2. The molecule has 218 valence electrons. The molecule has 2 aromatic heterocycles. The Hall–Kier alpha value is -3.43. The van der Waals surface area contributed by atoms with E-state index in [0.29, 0.717) is 58.0 Å². The Morgan fingerprint density at radius 1 is 1.17 bits per heavy atom. The second kappa shape index (κ2) is 10.1. The lowest BCUT2D eigenvalue weighted by atomic mass is 9.86. The lowest BCUT2D eigenvalue weighted by molar-refractivity contribution is -0.143. The summed E-state index contributed by atoms with van der Waals surface area (Å²) < 4.78 is 11.7. The van der Waals surface area contributed by atoms with Crippen LogP contribution in [0.15, 0.2) is 30.6 Å². The lowest BCUT2D eigenvalue weighted by Crippen LogP contribution is -2.47. The zero-order valence-electron chi connectivity index (χ0n) is 24.6. The molecule has 0 spiro atoms. The van der Waals surface area contributed by atoms with Crippen molar-refractivity contribution in [1.82, 2.24) is 19.8 Å². The average Bonchev–Trinajstić information content (AvgIpc) is 3.54. The summed E-state index contributed by atoms with van der Waals surface area (Å²) >= 11 is 0. The van der Waals surface area contributed by atoms with E-state index in [1.807, 2.05) is 33.2 Å². The molecule has 9 nitrogen and oxygen atoms in total. The van der Waals surface area contributed by atoms with E-state index >= 15 is 0 Å². The molecule has 3 aromatic rings. The number of aromatic nitrogens is 2. The second-order valence-electron chi connectivity index (χ2n) is 13.0. The number of aromatic amines is 1. The Kier molecular flexibility index (Phi) is 6.85. The summed E-state index contributed by atoms with van der Waals surface area (Å²) in [4.78, 5) is 38.1. The molecule has 9 heteroatoms. The summed E-state index contributed by atoms with van der Waals surface area (Å²) in [5, 5.41) is 11.7. The normalized spacial score (nSPS) is 20.3. The topological polar surface area (TPSA) is 108 Å². The zero-order valence-corrected chi connectivity index (χ0v) is 24.6. The SMILES string of the molecule is CC(C)c1c[nH]c2ncc(-c3cc4c(c(C5COCCN5C(=O)OC(C)(C)C)c3)CN(C(=O)C3(O)CC3)CC4)cc12. The molecule has 1 saturated carbocycles.